The average Bonchev–Trinajstić information content (AvgIpc) is 2.71. The van der Waals surface area contributed by atoms with Crippen molar-refractivity contribution in [1.82, 2.24) is 10.2 Å². The molecule has 0 aliphatic heterocycles. The number of aromatic nitrogens is 2. The van der Waals surface area contributed by atoms with E-state index in [0.717, 1.165) is 9.35 Å². The van der Waals surface area contributed by atoms with Gasteiger partial charge in [-0.25, -0.2) is 4.79 Å². The number of carbonyl (C=O) groups is 1. The number of carboxylic acids is 1. The summed E-state index contributed by atoms with van der Waals surface area (Å²) < 4.78 is 0.887. The monoisotopic (exact) mass is 306 g/mol. The van der Waals surface area contributed by atoms with Gasteiger partial charge in [0.15, 0.2) is 0 Å². The SMILES string of the molecule is O=C(O)c1c(-c2cc(Br)cs2)n[nH]c1Cl. The van der Waals surface area contributed by atoms with Crippen LogP contribution in [0.2, 0.25) is 5.15 Å². The predicted molar refractivity (Wildman–Crippen MR) is 61.6 cm³/mol. The number of hydrogen-bond donors (Lipinski definition) is 2. The second-order valence-corrected chi connectivity index (χ2v) is 4.90. The molecule has 0 saturated heterocycles. The number of thiophene rings is 1. The second-order valence-electron chi connectivity index (χ2n) is 2.70. The molecule has 15 heavy (non-hydrogen) atoms. The fraction of sp³-hybridized carbons (Fsp3) is 0. The Kier molecular flexibility index (Phi) is 2.81. The highest BCUT2D eigenvalue weighted by Crippen LogP contribution is 2.33. The van der Waals surface area contributed by atoms with E-state index in [1.165, 1.54) is 11.3 Å². The van der Waals surface area contributed by atoms with E-state index in [2.05, 4.69) is 26.1 Å². The first-order chi connectivity index (χ1) is 7.09. The number of aromatic carboxylic acids is 1. The van der Waals surface area contributed by atoms with Crippen molar-refractivity contribution in [3.05, 3.63) is 26.6 Å². The van der Waals surface area contributed by atoms with Crippen molar-refractivity contribution in [3.63, 3.8) is 0 Å². The van der Waals surface area contributed by atoms with Gasteiger partial charge in [-0.1, -0.05) is 11.6 Å². The van der Waals surface area contributed by atoms with Crippen molar-refractivity contribution < 1.29 is 9.90 Å². The standard InChI is InChI=1S/C8H4BrClN2O2S/c9-3-1-4(15-2-3)6-5(8(13)14)7(10)12-11-6/h1-2H,(H,11,12)(H,13,14). The first-order valence-electron chi connectivity index (χ1n) is 3.81. The van der Waals surface area contributed by atoms with Gasteiger partial charge in [-0.05, 0) is 22.0 Å². The molecule has 0 aliphatic carbocycles. The molecule has 0 fully saturated rings. The lowest BCUT2D eigenvalue weighted by Gasteiger charge is -1.93. The van der Waals surface area contributed by atoms with E-state index in [-0.39, 0.29) is 10.7 Å². The summed E-state index contributed by atoms with van der Waals surface area (Å²) in [6.45, 7) is 0. The number of aromatic amines is 1. The first-order valence-corrected chi connectivity index (χ1v) is 5.86. The lowest BCUT2D eigenvalue weighted by atomic mass is 10.2. The highest BCUT2D eigenvalue weighted by molar-refractivity contribution is 9.10. The van der Waals surface area contributed by atoms with Crippen molar-refractivity contribution in [2.45, 2.75) is 0 Å². The summed E-state index contributed by atoms with van der Waals surface area (Å²) in [6, 6.07) is 1.80. The van der Waals surface area contributed by atoms with Gasteiger partial charge in [0.05, 0.1) is 4.88 Å². The number of rotatable bonds is 2. The van der Waals surface area contributed by atoms with Gasteiger partial charge in [0, 0.05) is 9.85 Å². The Morgan fingerprint density at radius 1 is 1.67 bits per heavy atom. The summed E-state index contributed by atoms with van der Waals surface area (Å²) in [4.78, 5) is 11.7. The summed E-state index contributed by atoms with van der Waals surface area (Å²) in [5.41, 5.74) is 0.370. The summed E-state index contributed by atoms with van der Waals surface area (Å²) >= 11 is 10.4. The minimum atomic E-state index is -1.09. The highest BCUT2D eigenvalue weighted by Gasteiger charge is 2.20. The van der Waals surface area contributed by atoms with Crippen molar-refractivity contribution >= 4 is 44.8 Å². The molecule has 2 heterocycles. The van der Waals surface area contributed by atoms with Crippen molar-refractivity contribution in [2.75, 3.05) is 0 Å². The molecule has 4 nitrogen and oxygen atoms in total. The third kappa shape index (κ3) is 1.92. The smallest absolute Gasteiger partial charge is 0.341 e. The molecule has 2 N–H and O–H groups in total. The van der Waals surface area contributed by atoms with Crippen LogP contribution in [-0.4, -0.2) is 21.3 Å². The molecule has 2 aromatic rings. The van der Waals surface area contributed by atoms with Gasteiger partial charge in [0.2, 0.25) is 0 Å². The minimum absolute atomic E-state index is 0.00557. The van der Waals surface area contributed by atoms with E-state index in [4.69, 9.17) is 16.7 Å². The van der Waals surface area contributed by atoms with E-state index < -0.39 is 5.97 Å². The molecule has 78 valence electrons. The van der Waals surface area contributed by atoms with Crippen LogP contribution in [0, 0.1) is 0 Å². The third-order valence-corrected chi connectivity index (χ3v) is 3.71. The Bertz CT molecular complexity index is 522. The zero-order valence-corrected chi connectivity index (χ0v) is 10.3. The fourth-order valence-corrected chi connectivity index (χ4v) is 2.77. The second kappa shape index (κ2) is 3.96. The topological polar surface area (TPSA) is 66.0 Å². The summed E-state index contributed by atoms with van der Waals surface area (Å²) in [7, 11) is 0. The molecule has 0 aromatic carbocycles. The van der Waals surface area contributed by atoms with Crippen LogP contribution in [0.5, 0.6) is 0 Å². The molecule has 0 spiro atoms. The Balaban J connectivity index is 2.58. The van der Waals surface area contributed by atoms with E-state index in [1.807, 2.05) is 5.38 Å². The van der Waals surface area contributed by atoms with Crippen LogP contribution in [0.15, 0.2) is 15.9 Å². The van der Waals surface area contributed by atoms with E-state index in [1.54, 1.807) is 6.07 Å². The number of halogens is 2. The maximum absolute atomic E-state index is 10.9. The molecule has 0 amide bonds. The van der Waals surface area contributed by atoms with Gasteiger partial charge in [-0.15, -0.1) is 11.3 Å². The lowest BCUT2D eigenvalue weighted by Crippen LogP contribution is -1.97. The largest absolute Gasteiger partial charge is 0.478 e. The van der Waals surface area contributed by atoms with Crippen LogP contribution >= 0.6 is 38.9 Å². The number of H-pyrrole nitrogens is 1. The Morgan fingerprint density at radius 2 is 2.40 bits per heavy atom. The van der Waals surface area contributed by atoms with Crippen LogP contribution < -0.4 is 0 Å². The van der Waals surface area contributed by atoms with Gasteiger partial charge in [-0.2, -0.15) is 5.10 Å². The Hall–Kier alpha value is -0.850. The molecule has 0 radical (unpaired) electrons. The summed E-state index contributed by atoms with van der Waals surface area (Å²) in [5, 5.41) is 17.2. The molecule has 0 bridgehead atoms. The molecule has 7 heteroatoms. The quantitative estimate of drug-likeness (QED) is 0.895. The van der Waals surface area contributed by atoms with E-state index in [0.29, 0.717) is 5.69 Å². The van der Waals surface area contributed by atoms with Gasteiger partial charge < -0.3 is 5.11 Å². The van der Waals surface area contributed by atoms with E-state index >= 15 is 0 Å². The number of nitrogens with one attached hydrogen (secondary N) is 1. The van der Waals surface area contributed by atoms with Crippen LogP contribution in [0.1, 0.15) is 10.4 Å². The number of nitrogens with zero attached hydrogens (tertiary/aromatic N) is 1. The summed E-state index contributed by atoms with van der Waals surface area (Å²) in [5.74, 6) is -1.09. The molecular weight excluding hydrogens is 304 g/mol. The van der Waals surface area contributed by atoms with Crippen molar-refractivity contribution in [1.29, 1.82) is 0 Å². The van der Waals surface area contributed by atoms with Crippen molar-refractivity contribution in [3.8, 4) is 10.6 Å². The minimum Gasteiger partial charge on any atom is -0.478 e. The van der Waals surface area contributed by atoms with Crippen LogP contribution in [0.4, 0.5) is 0 Å². The molecule has 0 unspecified atom stereocenters. The zero-order valence-electron chi connectivity index (χ0n) is 7.12. The Labute approximate surface area is 102 Å². The predicted octanol–water partition coefficient (Wildman–Crippen LogP) is 3.25. The van der Waals surface area contributed by atoms with Crippen LogP contribution in [-0.2, 0) is 0 Å². The number of hydrogen-bond acceptors (Lipinski definition) is 3. The van der Waals surface area contributed by atoms with Crippen LogP contribution in [0.3, 0.4) is 0 Å². The maximum atomic E-state index is 10.9. The molecule has 0 aliphatic rings. The molecule has 0 saturated carbocycles. The molecule has 2 rings (SSSR count). The lowest BCUT2D eigenvalue weighted by molar-refractivity contribution is 0.0698. The molecular formula is C8H4BrClN2O2S. The molecule has 0 atom stereocenters. The highest BCUT2D eigenvalue weighted by atomic mass is 79.9. The van der Waals surface area contributed by atoms with Gasteiger partial charge >= 0.3 is 5.97 Å². The maximum Gasteiger partial charge on any atom is 0.341 e. The Morgan fingerprint density at radius 3 is 2.93 bits per heavy atom. The first kappa shape index (κ1) is 10.7. The normalized spacial score (nSPS) is 10.5. The fourth-order valence-electron chi connectivity index (χ4n) is 1.13. The summed E-state index contributed by atoms with van der Waals surface area (Å²) in [6.07, 6.45) is 0. The van der Waals surface area contributed by atoms with Crippen molar-refractivity contribution in [2.24, 2.45) is 0 Å². The van der Waals surface area contributed by atoms with E-state index in [9.17, 15) is 4.79 Å². The van der Waals surface area contributed by atoms with Gasteiger partial charge in [0.25, 0.3) is 0 Å². The van der Waals surface area contributed by atoms with Crippen LogP contribution in [0.25, 0.3) is 10.6 Å². The average molecular weight is 308 g/mol. The van der Waals surface area contributed by atoms with Gasteiger partial charge in [-0.3, -0.25) is 5.10 Å². The van der Waals surface area contributed by atoms with Gasteiger partial charge in [0.1, 0.15) is 16.4 Å². The number of carboxylic acid groups (broad SMARTS) is 1. The third-order valence-electron chi connectivity index (χ3n) is 1.74. The zero-order chi connectivity index (χ0) is 11.0. The molecule has 2 aromatic heterocycles.